The Hall–Kier alpha value is -3.78. The van der Waals surface area contributed by atoms with Crippen molar-refractivity contribution in [3.63, 3.8) is 0 Å². The summed E-state index contributed by atoms with van der Waals surface area (Å²) in [6.45, 7) is 3.57. The van der Waals surface area contributed by atoms with Gasteiger partial charge in [0.25, 0.3) is 5.91 Å². The lowest BCUT2D eigenvalue weighted by Gasteiger charge is -2.13. The molecule has 0 saturated heterocycles. The highest BCUT2D eigenvalue weighted by Gasteiger charge is 2.12. The van der Waals surface area contributed by atoms with Crippen LogP contribution in [0.3, 0.4) is 0 Å². The number of hydrogen-bond acceptors (Lipinski definition) is 7. The molecule has 1 aromatic heterocycles. The van der Waals surface area contributed by atoms with Gasteiger partial charge in [-0.3, -0.25) is 20.1 Å². The van der Waals surface area contributed by atoms with Gasteiger partial charge < -0.3 is 19.5 Å². The summed E-state index contributed by atoms with van der Waals surface area (Å²) in [6.07, 6.45) is 1.66. The minimum absolute atomic E-state index is 0.0976. The topological polar surface area (TPSA) is 90.9 Å². The lowest BCUT2D eigenvalue weighted by molar-refractivity contribution is -0.114. The van der Waals surface area contributed by atoms with Gasteiger partial charge in [0.15, 0.2) is 11.5 Å². The predicted octanol–water partition coefficient (Wildman–Crippen LogP) is 3.65. The molecule has 1 heterocycles. The van der Waals surface area contributed by atoms with Crippen LogP contribution in [0.2, 0.25) is 0 Å². The highest BCUT2D eigenvalue weighted by molar-refractivity contribution is 6.02. The molecule has 0 bridgehead atoms. The molecule has 0 aliphatic heterocycles. The molecule has 29 heavy (non-hydrogen) atoms. The quantitative estimate of drug-likeness (QED) is 0.444. The van der Waals surface area contributed by atoms with Crippen molar-refractivity contribution < 1.29 is 23.8 Å². The van der Waals surface area contributed by atoms with Crippen LogP contribution in [0.4, 0.5) is 5.69 Å². The zero-order chi connectivity index (χ0) is 20.8. The van der Waals surface area contributed by atoms with Crippen LogP contribution in [-0.2, 0) is 9.63 Å². The Morgan fingerprint density at radius 3 is 2.31 bits per heavy atom. The van der Waals surface area contributed by atoms with Crippen molar-refractivity contribution in [3.8, 4) is 23.0 Å². The van der Waals surface area contributed by atoms with E-state index in [1.165, 1.54) is 7.11 Å². The number of carbonyl (C=O) groups excluding carboxylic acids is 1. The van der Waals surface area contributed by atoms with Crippen molar-refractivity contribution >= 4 is 22.5 Å². The molecule has 2 aromatic carbocycles. The minimum atomic E-state index is -0.401. The first-order valence-electron chi connectivity index (χ1n) is 8.63. The summed E-state index contributed by atoms with van der Waals surface area (Å²) in [4.78, 5) is 20.9. The van der Waals surface area contributed by atoms with Gasteiger partial charge in [-0.2, -0.15) is 0 Å². The van der Waals surface area contributed by atoms with Crippen molar-refractivity contribution in [1.82, 2.24) is 10.5 Å². The second-order valence-electron chi connectivity index (χ2n) is 5.90. The van der Waals surface area contributed by atoms with Gasteiger partial charge in [-0.05, 0) is 36.4 Å². The van der Waals surface area contributed by atoms with E-state index >= 15 is 0 Å². The second-order valence-corrected chi connectivity index (χ2v) is 5.90. The normalized spacial score (nSPS) is 10.3. The van der Waals surface area contributed by atoms with Gasteiger partial charge in [-0.25, -0.2) is 0 Å². The fraction of sp³-hybridized carbons (Fsp3) is 0.143. The van der Waals surface area contributed by atoms with E-state index in [-0.39, 0.29) is 5.70 Å². The summed E-state index contributed by atoms with van der Waals surface area (Å²) in [5.41, 5.74) is 3.79. The average Bonchev–Trinajstić information content (AvgIpc) is 2.74. The standard InChI is InChI=1S/C21H21N3O5/c1-13(24-28-4)21(25)23-14-5-7-15(8-6-14)29-18-9-10-22-17-12-20(27-3)19(26-2)11-16(17)18/h5-12,24H,1H2,2-4H3,(H,23,25). The van der Waals surface area contributed by atoms with Gasteiger partial charge >= 0.3 is 0 Å². The summed E-state index contributed by atoms with van der Waals surface area (Å²) in [7, 11) is 4.55. The summed E-state index contributed by atoms with van der Waals surface area (Å²) >= 11 is 0. The zero-order valence-corrected chi connectivity index (χ0v) is 16.3. The number of ether oxygens (including phenoxy) is 3. The van der Waals surface area contributed by atoms with E-state index in [4.69, 9.17) is 14.2 Å². The molecule has 0 atom stereocenters. The first kappa shape index (κ1) is 20.0. The number of anilines is 1. The number of amides is 1. The molecule has 0 radical (unpaired) electrons. The molecular formula is C21H21N3O5. The number of benzene rings is 2. The van der Waals surface area contributed by atoms with Crippen LogP contribution in [0, 0.1) is 0 Å². The molecule has 3 aromatic rings. The third kappa shape index (κ3) is 4.56. The molecule has 0 aliphatic carbocycles. The molecule has 8 nitrogen and oxygen atoms in total. The first-order valence-corrected chi connectivity index (χ1v) is 8.63. The Morgan fingerprint density at radius 2 is 1.66 bits per heavy atom. The van der Waals surface area contributed by atoms with Gasteiger partial charge in [0, 0.05) is 23.3 Å². The third-order valence-electron chi connectivity index (χ3n) is 4.05. The van der Waals surface area contributed by atoms with E-state index < -0.39 is 5.91 Å². The van der Waals surface area contributed by atoms with Crippen LogP contribution in [0.25, 0.3) is 10.9 Å². The maximum atomic E-state index is 11.9. The zero-order valence-electron chi connectivity index (χ0n) is 16.3. The summed E-state index contributed by atoms with van der Waals surface area (Å²) in [5, 5.41) is 3.48. The van der Waals surface area contributed by atoms with Gasteiger partial charge in [-0.1, -0.05) is 6.58 Å². The number of nitrogens with zero attached hydrogens (tertiary/aromatic N) is 1. The van der Waals surface area contributed by atoms with E-state index in [0.717, 1.165) is 5.39 Å². The summed E-state index contributed by atoms with van der Waals surface area (Å²) in [5.74, 6) is 1.99. The van der Waals surface area contributed by atoms with Crippen molar-refractivity contribution in [2.24, 2.45) is 0 Å². The summed E-state index contributed by atoms with van der Waals surface area (Å²) in [6, 6.07) is 12.3. The largest absolute Gasteiger partial charge is 0.493 e. The van der Waals surface area contributed by atoms with Crippen LogP contribution in [-0.4, -0.2) is 32.2 Å². The Labute approximate surface area is 168 Å². The van der Waals surface area contributed by atoms with E-state index in [1.54, 1.807) is 56.8 Å². The van der Waals surface area contributed by atoms with Gasteiger partial charge in [-0.15, -0.1) is 0 Å². The highest BCUT2D eigenvalue weighted by Crippen LogP contribution is 2.36. The SMILES string of the molecule is C=C(NOC)C(=O)Nc1ccc(Oc2ccnc3cc(OC)c(OC)cc23)cc1. The van der Waals surface area contributed by atoms with Crippen molar-refractivity contribution in [1.29, 1.82) is 0 Å². The molecular weight excluding hydrogens is 374 g/mol. The molecule has 0 aliphatic rings. The number of methoxy groups -OCH3 is 2. The van der Waals surface area contributed by atoms with E-state index in [2.05, 4.69) is 27.2 Å². The molecule has 3 rings (SSSR count). The van der Waals surface area contributed by atoms with E-state index in [1.807, 2.05) is 6.07 Å². The molecule has 0 fully saturated rings. The molecule has 0 saturated carbocycles. The Kier molecular flexibility index (Phi) is 6.16. The van der Waals surface area contributed by atoms with Crippen LogP contribution in [0.15, 0.2) is 60.9 Å². The minimum Gasteiger partial charge on any atom is -0.493 e. The summed E-state index contributed by atoms with van der Waals surface area (Å²) < 4.78 is 16.7. The number of nitrogens with one attached hydrogen (secondary N) is 2. The smallest absolute Gasteiger partial charge is 0.273 e. The number of pyridine rings is 1. The van der Waals surface area contributed by atoms with Crippen LogP contribution >= 0.6 is 0 Å². The van der Waals surface area contributed by atoms with Crippen LogP contribution in [0.5, 0.6) is 23.0 Å². The Morgan fingerprint density at radius 1 is 0.966 bits per heavy atom. The fourth-order valence-electron chi connectivity index (χ4n) is 2.65. The molecule has 1 amide bonds. The molecule has 0 unspecified atom stereocenters. The van der Waals surface area contributed by atoms with E-state index in [0.29, 0.717) is 34.2 Å². The van der Waals surface area contributed by atoms with Gasteiger partial charge in [0.1, 0.15) is 17.2 Å². The number of rotatable bonds is 8. The number of fused-ring (bicyclic) bond motifs is 1. The Bertz CT molecular complexity index is 1030. The lowest BCUT2D eigenvalue weighted by Crippen LogP contribution is -2.24. The van der Waals surface area contributed by atoms with Gasteiger partial charge in [0.05, 0.1) is 26.8 Å². The number of aromatic nitrogens is 1. The number of hydroxylamine groups is 1. The third-order valence-corrected chi connectivity index (χ3v) is 4.05. The van der Waals surface area contributed by atoms with Crippen molar-refractivity contribution in [2.45, 2.75) is 0 Å². The van der Waals surface area contributed by atoms with E-state index in [9.17, 15) is 4.79 Å². The van der Waals surface area contributed by atoms with Crippen molar-refractivity contribution in [3.05, 3.63) is 60.9 Å². The monoisotopic (exact) mass is 395 g/mol. The maximum absolute atomic E-state index is 11.9. The fourth-order valence-corrected chi connectivity index (χ4v) is 2.65. The molecule has 2 N–H and O–H groups in total. The number of carbonyl (C=O) groups is 1. The molecule has 150 valence electrons. The average molecular weight is 395 g/mol. The van der Waals surface area contributed by atoms with Gasteiger partial charge in [0.2, 0.25) is 0 Å². The predicted molar refractivity (Wildman–Crippen MR) is 109 cm³/mol. The highest BCUT2D eigenvalue weighted by atomic mass is 16.6. The molecule has 8 heteroatoms. The number of hydrogen-bond donors (Lipinski definition) is 2. The maximum Gasteiger partial charge on any atom is 0.273 e. The Balaban J connectivity index is 1.80. The second kappa shape index (κ2) is 8.94. The van der Waals surface area contributed by atoms with Crippen LogP contribution < -0.4 is 25.0 Å². The first-order chi connectivity index (χ1) is 14.0. The molecule has 0 spiro atoms. The van der Waals surface area contributed by atoms with Crippen molar-refractivity contribution in [2.75, 3.05) is 26.6 Å². The van der Waals surface area contributed by atoms with Crippen LogP contribution in [0.1, 0.15) is 0 Å². The lowest BCUT2D eigenvalue weighted by atomic mass is 10.2.